The van der Waals surface area contributed by atoms with Gasteiger partial charge in [0, 0.05) is 31.0 Å². The van der Waals surface area contributed by atoms with Gasteiger partial charge in [0.25, 0.3) is 0 Å². The molecular formula is C19H30N4O. The lowest BCUT2D eigenvalue weighted by atomic mass is 9.85. The molecule has 3 N–H and O–H groups in total. The first-order valence-corrected chi connectivity index (χ1v) is 8.88. The maximum absolute atomic E-state index is 11.6. The number of carbonyl (C=O) groups is 1. The fourth-order valence-corrected chi connectivity index (χ4v) is 2.46. The Bertz CT molecular complexity index is 550. The molecule has 5 heteroatoms. The molecule has 132 valence electrons. The minimum absolute atomic E-state index is 0.0240. The Morgan fingerprint density at radius 3 is 2.42 bits per heavy atom. The van der Waals surface area contributed by atoms with Crippen LogP contribution < -0.4 is 16.0 Å². The highest BCUT2D eigenvalue weighted by molar-refractivity contribution is 5.81. The molecule has 0 spiro atoms. The summed E-state index contributed by atoms with van der Waals surface area (Å²) in [5.74, 6) is 1.24. The van der Waals surface area contributed by atoms with E-state index in [-0.39, 0.29) is 17.2 Å². The van der Waals surface area contributed by atoms with Gasteiger partial charge in [0.15, 0.2) is 5.96 Å². The molecule has 0 atom stereocenters. The van der Waals surface area contributed by atoms with Crippen molar-refractivity contribution >= 4 is 11.9 Å². The average Bonchev–Trinajstić information content (AvgIpc) is 3.42. The predicted molar refractivity (Wildman–Crippen MR) is 99.2 cm³/mol. The van der Waals surface area contributed by atoms with Crippen LogP contribution in [0.2, 0.25) is 0 Å². The minimum Gasteiger partial charge on any atom is -0.357 e. The highest BCUT2D eigenvalue weighted by atomic mass is 16.2. The number of rotatable bonds is 8. The molecule has 1 saturated carbocycles. The molecule has 2 rings (SSSR count). The maximum Gasteiger partial charge on any atom is 0.223 e. The molecule has 1 aliphatic carbocycles. The van der Waals surface area contributed by atoms with Crippen LogP contribution in [0.3, 0.4) is 0 Å². The van der Waals surface area contributed by atoms with Gasteiger partial charge in [-0.25, -0.2) is 0 Å². The second-order valence-corrected chi connectivity index (χ2v) is 6.94. The van der Waals surface area contributed by atoms with E-state index in [9.17, 15) is 4.79 Å². The molecule has 0 aliphatic heterocycles. The van der Waals surface area contributed by atoms with Gasteiger partial charge in [-0.1, -0.05) is 44.2 Å². The van der Waals surface area contributed by atoms with E-state index in [0.717, 1.165) is 25.3 Å². The number of carbonyl (C=O) groups excluding carboxylic acids is 1. The summed E-state index contributed by atoms with van der Waals surface area (Å²) < 4.78 is 0. The van der Waals surface area contributed by atoms with E-state index in [1.54, 1.807) is 0 Å². The van der Waals surface area contributed by atoms with Crippen LogP contribution in [0.1, 0.15) is 39.2 Å². The quantitative estimate of drug-likeness (QED) is 0.388. The average molecular weight is 330 g/mol. The third-order valence-corrected chi connectivity index (χ3v) is 4.20. The van der Waals surface area contributed by atoms with Crippen molar-refractivity contribution in [3.63, 3.8) is 0 Å². The second kappa shape index (κ2) is 8.71. The van der Waals surface area contributed by atoms with E-state index < -0.39 is 0 Å². The van der Waals surface area contributed by atoms with E-state index >= 15 is 0 Å². The first-order chi connectivity index (χ1) is 11.5. The molecule has 1 aliphatic rings. The van der Waals surface area contributed by atoms with Crippen molar-refractivity contribution in [1.82, 2.24) is 16.0 Å². The van der Waals surface area contributed by atoms with Crippen LogP contribution in [-0.4, -0.2) is 38.0 Å². The standard InChI is InChI=1S/C19H30N4O/c1-4-20-18(22-13-12-21-17(24)15-10-11-15)23-14-19(2,3)16-8-6-5-7-9-16/h5-9,15H,4,10-14H2,1-3H3,(H,21,24)(H2,20,22,23). The van der Waals surface area contributed by atoms with Crippen molar-refractivity contribution in [2.75, 3.05) is 26.2 Å². The summed E-state index contributed by atoms with van der Waals surface area (Å²) in [6.45, 7) is 9.26. The zero-order valence-corrected chi connectivity index (χ0v) is 15.1. The number of guanidine groups is 1. The zero-order chi connectivity index (χ0) is 17.4. The molecule has 0 saturated heterocycles. The Morgan fingerprint density at radius 2 is 1.79 bits per heavy atom. The number of hydrogen-bond acceptors (Lipinski definition) is 2. The zero-order valence-electron chi connectivity index (χ0n) is 15.1. The van der Waals surface area contributed by atoms with Gasteiger partial charge in [0.05, 0.1) is 6.54 Å². The summed E-state index contributed by atoms with van der Waals surface area (Å²) in [5.41, 5.74) is 1.25. The number of aliphatic imine (C=N–C) groups is 1. The molecule has 0 heterocycles. The first kappa shape index (κ1) is 18.3. The van der Waals surface area contributed by atoms with Gasteiger partial charge < -0.3 is 16.0 Å². The lowest BCUT2D eigenvalue weighted by molar-refractivity contribution is -0.122. The summed E-state index contributed by atoms with van der Waals surface area (Å²) in [6, 6.07) is 10.4. The molecule has 0 aromatic heterocycles. The lowest BCUT2D eigenvalue weighted by Crippen LogP contribution is -2.42. The molecule has 1 aromatic rings. The third kappa shape index (κ3) is 5.87. The van der Waals surface area contributed by atoms with Crippen molar-refractivity contribution in [3.8, 4) is 0 Å². The summed E-state index contributed by atoms with van der Waals surface area (Å²) >= 11 is 0. The van der Waals surface area contributed by atoms with Crippen LogP contribution in [0.5, 0.6) is 0 Å². The van der Waals surface area contributed by atoms with Gasteiger partial charge in [-0.05, 0) is 25.3 Å². The van der Waals surface area contributed by atoms with Gasteiger partial charge in [-0.3, -0.25) is 9.79 Å². The van der Waals surface area contributed by atoms with Crippen molar-refractivity contribution in [2.24, 2.45) is 10.9 Å². The molecule has 0 unspecified atom stereocenters. The van der Waals surface area contributed by atoms with Gasteiger partial charge in [0.1, 0.15) is 0 Å². The Balaban J connectivity index is 1.81. The fraction of sp³-hybridized carbons (Fsp3) is 0.579. The molecule has 1 fully saturated rings. The molecule has 1 amide bonds. The number of amides is 1. The smallest absolute Gasteiger partial charge is 0.223 e. The Hall–Kier alpha value is -2.04. The van der Waals surface area contributed by atoms with E-state index in [2.05, 4.69) is 61.0 Å². The highest BCUT2D eigenvalue weighted by Gasteiger charge is 2.29. The fourth-order valence-electron chi connectivity index (χ4n) is 2.46. The summed E-state index contributed by atoms with van der Waals surface area (Å²) in [7, 11) is 0. The van der Waals surface area contributed by atoms with E-state index in [1.165, 1.54) is 5.56 Å². The first-order valence-electron chi connectivity index (χ1n) is 8.88. The second-order valence-electron chi connectivity index (χ2n) is 6.94. The summed E-state index contributed by atoms with van der Waals surface area (Å²) in [6.07, 6.45) is 2.08. The van der Waals surface area contributed by atoms with Crippen molar-refractivity contribution in [3.05, 3.63) is 35.9 Å². The van der Waals surface area contributed by atoms with Crippen LogP contribution in [0.25, 0.3) is 0 Å². The molecule has 5 nitrogen and oxygen atoms in total. The predicted octanol–water partition coefficient (Wildman–Crippen LogP) is 2.05. The van der Waals surface area contributed by atoms with Crippen LogP contribution in [-0.2, 0) is 10.2 Å². The lowest BCUT2D eigenvalue weighted by Gasteiger charge is -2.24. The number of nitrogens with one attached hydrogen (secondary N) is 3. The maximum atomic E-state index is 11.6. The monoisotopic (exact) mass is 330 g/mol. The van der Waals surface area contributed by atoms with Gasteiger partial charge in [0.2, 0.25) is 5.91 Å². The molecule has 0 radical (unpaired) electrons. The van der Waals surface area contributed by atoms with Crippen LogP contribution in [0.4, 0.5) is 0 Å². The van der Waals surface area contributed by atoms with Crippen LogP contribution in [0, 0.1) is 5.92 Å². The minimum atomic E-state index is -0.0240. The molecule has 24 heavy (non-hydrogen) atoms. The number of nitrogens with zero attached hydrogens (tertiary/aromatic N) is 1. The van der Waals surface area contributed by atoms with Gasteiger partial charge in [-0.15, -0.1) is 0 Å². The SMILES string of the molecule is CCNC(=NCC(C)(C)c1ccccc1)NCCNC(=O)C1CC1. The van der Waals surface area contributed by atoms with E-state index in [1.807, 2.05) is 6.07 Å². The largest absolute Gasteiger partial charge is 0.357 e. The summed E-state index contributed by atoms with van der Waals surface area (Å²) in [4.78, 5) is 16.3. The third-order valence-electron chi connectivity index (χ3n) is 4.20. The topological polar surface area (TPSA) is 65.5 Å². The summed E-state index contributed by atoms with van der Waals surface area (Å²) in [5, 5.41) is 9.50. The Morgan fingerprint density at radius 1 is 1.12 bits per heavy atom. The van der Waals surface area contributed by atoms with Crippen molar-refractivity contribution in [2.45, 2.75) is 39.0 Å². The van der Waals surface area contributed by atoms with Crippen LogP contribution >= 0.6 is 0 Å². The Kier molecular flexibility index (Phi) is 6.64. The normalized spacial score (nSPS) is 15.0. The van der Waals surface area contributed by atoms with Crippen molar-refractivity contribution in [1.29, 1.82) is 0 Å². The van der Waals surface area contributed by atoms with Gasteiger partial charge in [-0.2, -0.15) is 0 Å². The van der Waals surface area contributed by atoms with Gasteiger partial charge >= 0.3 is 0 Å². The Labute approximate surface area is 145 Å². The van der Waals surface area contributed by atoms with Crippen LogP contribution in [0.15, 0.2) is 35.3 Å². The highest BCUT2D eigenvalue weighted by Crippen LogP contribution is 2.28. The van der Waals surface area contributed by atoms with Crippen molar-refractivity contribution < 1.29 is 4.79 Å². The van der Waals surface area contributed by atoms with E-state index in [4.69, 9.17) is 4.99 Å². The van der Waals surface area contributed by atoms with E-state index in [0.29, 0.717) is 19.6 Å². The molecule has 1 aromatic carbocycles. The molecular weight excluding hydrogens is 300 g/mol. The number of hydrogen-bond donors (Lipinski definition) is 3. The number of benzene rings is 1. The molecule has 0 bridgehead atoms.